The molecule has 1 unspecified atom stereocenters. The maximum atomic E-state index is 11.5. The van der Waals surface area contributed by atoms with Crippen molar-refractivity contribution in [3.63, 3.8) is 0 Å². The van der Waals surface area contributed by atoms with Crippen molar-refractivity contribution < 1.29 is 9.53 Å². The summed E-state index contributed by atoms with van der Waals surface area (Å²) in [6, 6.07) is 8.09. The monoisotopic (exact) mass is 215 g/mol. The third-order valence-corrected chi connectivity index (χ3v) is 3.09. The first-order valence-electron chi connectivity index (χ1n) is 5.30. The van der Waals surface area contributed by atoms with Crippen molar-refractivity contribution in [2.75, 3.05) is 7.11 Å². The maximum Gasteiger partial charge on any atom is 0.309 e. The molecule has 16 heavy (non-hydrogen) atoms. The number of ether oxygens (including phenoxy) is 1. The zero-order valence-electron chi connectivity index (χ0n) is 9.19. The molecule has 0 spiro atoms. The van der Waals surface area contributed by atoms with Gasteiger partial charge in [0.1, 0.15) is 0 Å². The standard InChI is InChI=1S/C13H13NO2/c1-16-13(15)11-7-10-4-2-3-9(5-6-14)12(10)8-11/h2-4,11H,5,7-8H2,1H3. The Kier molecular flexibility index (Phi) is 2.91. The molecule has 0 saturated heterocycles. The molecule has 0 bridgehead atoms. The number of methoxy groups -OCH3 is 1. The number of nitrogens with zero attached hydrogens (tertiary/aromatic N) is 1. The number of benzene rings is 1. The fourth-order valence-electron chi connectivity index (χ4n) is 2.31. The Balaban J connectivity index is 2.27. The summed E-state index contributed by atoms with van der Waals surface area (Å²) in [5.74, 6) is -0.223. The van der Waals surface area contributed by atoms with Gasteiger partial charge < -0.3 is 4.74 Å². The van der Waals surface area contributed by atoms with Crippen LogP contribution in [-0.2, 0) is 28.8 Å². The van der Waals surface area contributed by atoms with Gasteiger partial charge in [-0.2, -0.15) is 5.26 Å². The van der Waals surface area contributed by atoms with E-state index in [1.165, 1.54) is 18.2 Å². The average Bonchev–Trinajstić information content (AvgIpc) is 2.73. The average molecular weight is 215 g/mol. The van der Waals surface area contributed by atoms with E-state index < -0.39 is 0 Å². The van der Waals surface area contributed by atoms with E-state index in [4.69, 9.17) is 10.00 Å². The molecule has 2 rings (SSSR count). The molecule has 82 valence electrons. The first kappa shape index (κ1) is 10.7. The number of hydrogen-bond acceptors (Lipinski definition) is 3. The van der Waals surface area contributed by atoms with Crippen LogP contribution in [0.2, 0.25) is 0 Å². The largest absolute Gasteiger partial charge is 0.469 e. The molecule has 0 heterocycles. The topological polar surface area (TPSA) is 50.1 Å². The van der Waals surface area contributed by atoms with E-state index in [0.29, 0.717) is 12.8 Å². The fourth-order valence-corrected chi connectivity index (χ4v) is 2.31. The molecule has 1 aromatic rings. The van der Waals surface area contributed by atoms with Crippen LogP contribution in [0, 0.1) is 17.2 Å². The Morgan fingerprint density at radius 2 is 2.38 bits per heavy atom. The Bertz CT molecular complexity index is 459. The molecule has 1 atom stereocenters. The van der Waals surface area contributed by atoms with E-state index in [0.717, 1.165) is 12.0 Å². The highest BCUT2D eigenvalue weighted by molar-refractivity contribution is 5.74. The van der Waals surface area contributed by atoms with Gasteiger partial charge in [-0.05, 0) is 29.5 Å². The highest BCUT2D eigenvalue weighted by Gasteiger charge is 2.29. The van der Waals surface area contributed by atoms with E-state index in [1.807, 2.05) is 18.2 Å². The van der Waals surface area contributed by atoms with E-state index >= 15 is 0 Å². The van der Waals surface area contributed by atoms with Crippen LogP contribution in [0.1, 0.15) is 16.7 Å². The lowest BCUT2D eigenvalue weighted by Crippen LogP contribution is -2.16. The number of carbonyl (C=O) groups excluding carboxylic acids is 1. The second-order valence-electron chi connectivity index (χ2n) is 4.02. The van der Waals surface area contributed by atoms with Crippen molar-refractivity contribution >= 4 is 5.97 Å². The number of hydrogen-bond donors (Lipinski definition) is 0. The predicted octanol–water partition coefficient (Wildman–Crippen LogP) is 1.64. The molecule has 0 saturated carbocycles. The summed E-state index contributed by atoms with van der Waals surface area (Å²) in [7, 11) is 1.42. The Morgan fingerprint density at radius 1 is 1.56 bits per heavy atom. The predicted molar refractivity (Wildman–Crippen MR) is 58.7 cm³/mol. The molecule has 1 aliphatic rings. The van der Waals surface area contributed by atoms with Crippen LogP contribution in [-0.4, -0.2) is 13.1 Å². The third-order valence-electron chi connectivity index (χ3n) is 3.09. The minimum atomic E-state index is -0.154. The number of rotatable bonds is 2. The van der Waals surface area contributed by atoms with Crippen LogP contribution >= 0.6 is 0 Å². The van der Waals surface area contributed by atoms with Gasteiger partial charge in [-0.15, -0.1) is 0 Å². The van der Waals surface area contributed by atoms with Crippen LogP contribution in [0.15, 0.2) is 18.2 Å². The quantitative estimate of drug-likeness (QED) is 0.705. The van der Waals surface area contributed by atoms with Crippen LogP contribution in [0.3, 0.4) is 0 Å². The lowest BCUT2D eigenvalue weighted by atomic mass is 10.0. The number of fused-ring (bicyclic) bond motifs is 1. The minimum absolute atomic E-state index is 0.0696. The van der Waals surface area contributed by atoms with Gasteiger partial charge in [-0.3, -0.25) is 4.79 Å². The Labute approximate surface area is 94.6 Å². The third kappa shape index (κ3) is 1.79. The lowest BCUT2D eigenvalue weighted by molar-refractivity contribution is -0.145. The lowest BCUT2D eigenvalue weighted by Gasteiger charge is -2.05. The van der Waals surface area contributed by atoms with Crippen LogP contribution in [0.4, 0.5) is 0 Å². The van der Waals surface area contributed by atoms with E-state index in [2.05, 4.69) is 6.07 Å². The fraction of sp³-hybridized carbons (Fsp3) is 0.385. The molecule has 3 nitrogen and oxygen atoms in total. The van der Waals surface area contributed by atoms with Crippen molar-refractivity contribution in [1.82, 2.24) is 0 Å². The molecule has 1 aromatic carbocycles. The van der Waals surface area contributed by atoms with E-state index in [-0.39, 0.29) is 11.9 Å². The van der Waals surface area contributed by atoms with Gasteiger partial charge in [0.25, 0.3) is 0 Å². The zero-order valence-corrected chi connectivity index (χ0v) is 9.19. The van der Waals surface area contributed by atoms with Gasteiger partial charge in [-0.25, -0.2) is 0 Å². The van der Waals surface area contributed by atoms with Crippen LogP contribution < -0.4 is 0 Å². The Hall–Kier alpha value is -1.82. The van der Waals surface area contributed by atoms with Crippen molar-refractivity contribution in [1.29, 1.82) is 5.26 Å². The molecule has 0 aromatic heterocycles. The first-order valence-corrected chi connectivity index (χ1v) is 5.30. The van der Waals surface area contributed by atoms with Crippen molar-refractivity contribution in [3.8, 4) is 6.07 Å². The van der Waals surface area contributed by atoms with Crippen LogP contribution in [0.25, 0.3) is 0 Å². The summed E-state index contributed by atoms with van der Waals surface area (Å²) in [5, 5.41) is 8.73. The molecule has 0 aliphatic heterocycles. The molecule has 3 heteroatoms. The molecule has 0 radical (unpaired) electrons. The Morgan fingerprint density at radius 3 is 3.06 bits per heavy atom. The summed E-state index contributed by atoms with van der Waals surface area (Å²) in [6.07, 6.45) is 1.86. The normalized spacial score (nSPS) is 17.6. The summed E-state index contributed by atoms with van der Waals surface area (Å²) in [4.78, 5) is 11.5. The molecule has 0 amide bonds. The summed E-state index contributed by atoms with van der Waals surface area (Å²) < 4.78 is 4.76. The molecular formula is C13H13NO2. The maximum absolute atomic E-state index is 11.5. The van der Waals surface area contributed by atoms with Crippen LogP contribution in [0.5, 0.6) is 0 Å². The minimum Gasteiger partial charge on any atom is -0.469 e. The molecule has 0 N–H and O–H groups in total. The number of esters is 1. The van der Waals surface area contributed by atoms with Gasteiger partial charge in [0.05, 0.1) is 25.5 Å². The van der Waals surface area contributed by atoms with Gasteiger partial charge in [0.2, 0.25) is 0 Å². The van der Waals surface area contributed by atoms with Crippen molar-refractivity contribution in [2.45, 2.75) is 19.3 Å². The van der Waals surface area contributed by atoms with E-state index in [1.54, 1.807) is 0 Å². The van der Waals surface area contributed by atoms with Gasteiger partial charge in [0, 0.05) is 0 Å². The second-order valence-corrected chi connectivity index (χ2v) is 4.02. The SMILES string of the molecule is COC(=O)C1Cc2cccc(CC#N)c2C1. The molecular weight excluding hydrogens is 202 g/mol. The van der Waals surface area contributed by atoms with Gasteiger partial charge >= 0.3 is 5.97 Å². The van der Waals surface area contributed by atoms with Crippen molar-refractivity contribution in [2.24, 2.45) is 5.92 Å². The summed E-state index contributed by atoms with van der Waals surface area (Å²) in [5.41, 5.74) is 3.40. The van der Waals surface area contributed by atoms with Gasteiger partial charge in [-0.1, -0.05) is 18.2 Å². The smallest absolute Gasteiger partial charge is 0.309 e. The van der Waals surface area contributed by atoms with Crippen molar-refractivity contribution in [3.05, 3.63) is 34.9 Å². The summed E-state index contributed by atoms with van der Waals surface area (Å²) >= 11 is 0. The first-order chi connectivity index (χ1) is 7.76. The highest BCUT2D eigenvalue weighted by Crippen LogP contribution is 2.30. The second kappa shape index (κ2) is 4.36. The summed E-state index contributed by atoms with van der Waals surface area (Å²) in [6.45, 7) is 0. The number of nitriles is 1. The zero-order chi connectivity index (χ0) is 11.5. The number of carbonyl (C=O) groups is 1. The van der Waals surface area contributed by atoms with Gasteiger partial charge in [0.15, 0.2) is 0 Å². The van der Waals surface area contributed by atoms with E-state index in [9.17, 15) is 4.79 Å². The molecule has 0 fully saturated rings. The highest BCUT2D eigenvalue weighted by atomic mass is 16.5. The molecule has 1 aliphatic carbocycles.